The summed E-state index contributed by atoms with van der Waals surface area (Å²) in [6, 6.07) is 6.09. The number of aryl methyl sites for hydroxylation is 3. The fourth-order valence-electron chi connectivity index (χ4n) is 3.72. The Kier molecular flexibility index (Phi) is 6.15. The normalized spacial score (nSPS) is 15.4. The maximum Gasteiger partial charge on any atom is 0.297 e. The van der Waals surface area contributed by atoms with Crippen molar-refractivity contribution in [2.45, 2.75) is 33.6 Å². The van der Waals surface area contributed by atoms with Crippen LogP contribution < -0.4 is 10.4 Å². The van der Waals surface area contributed by atoms with Gasteiger partial charge >= 0.3 is 0 Å². The van der Waals surface area contributed by atoms with E-state index in [-0.39, 0.29) is 5.56 Å². The lowest BCUT2D eigenvalue weighted by molar-refractivity contribution is 0.0853. The summed E-state index contributed by atoms with van der Waals surface area (Å²) in [4.78, 5) is 25.8. The number of rotatable bonds is 6. The molecule has 0 saturated carbocycles. The van der Waals surface area contributed by atoms with E-state index in [0.717, 1.165) is 51.4 Å². The molecule has 3 aromatic rings. The largest absolute Gasteiger partial charge is 0.409 e. The first-order valence-electron chi connectivity index (χ1n) is 10.5. The molecule has 0 N–H and O–H groups in total. The molecule has 0 radical (unpaired) electrons. The Morgan fingerprint density at radius 1 is 1.13 bits per heavy atom. The molecule has 160 valence electrons. The van der Waals surface area contributed by atoms with Gasteiger partial charge in [-0.2, -0.15) is 5.10 Å². The maximum atomic E-state index is 13.0. The molecule has 4 rings (SSSR count). The van der Waals surface area contributed by atoms with Gasteiger partial charge in [0, 0.05) is 26.2 Å². The Hall–Kier alpha value is -2.71. The predicted octanol–water partition coefficient (Wildman–Crippen LogP) is 2.05. The standard InChI is InChI=1S/C22H29N5O3/c1-16-6-7-19(14-17(16)2)26-21-20(15-23-26)22(28)27(18(3)24-21)30-12-5-9-25-8-4-11-29-13-10-25/h6-7,14-15H,4-5,8-13H2,1-3H3. The first-order valence-corrected chi connectivity index (χ1v) is 10.5. The van der Waals surface area contributed by atoms with Gasteiger partial charge in [0.05, 0.1) is 18.5 Å². The summed E-state index contributed by atoms with van der Waals surface area (Å²) in [5, 5.41) is 4.86. The molecule has 0 spiro atoms. The minimum absolute atomic E-state index is 0.226. The number of aromatic nitrogens is 4. The zero-order chi connectivity index (χ0) is 21.1. The topological polar surface area (TPSA) is 74.4 Å². The third-order valence-corrected chi connectivity index (χ3v) is 5.61. The molecule has 1 saturated heterocycles. The Morgan fingerprint density at radius 2 is 2.00 bits per heavy atom. The van der Waals surface area contributed by atoms with E-state index in [4.69, 9.17) is 9.57 Å². The van der Waals surface area contributed by atoms with Gasteiger partial charge < -0.3 is 14.5 Å². The van der Waals surface area contributed by atoms with Crippen LogP contribution >= 0.6 is 0 Å². The van der Waals surface area contributed by atoms with E-state index in [2.05, 4.69) is 34.9 Å². The van der Waals surface area contributed by atoms with Crippen LogP contribution in [0.5, 0.6) is 0 Å². The molecule has 1 fully saturated rings. The number of ether oxygens (including phenoxy) is 1. The second-order valence-corrected chi connectivity index (χ2v) is 7.82. The highest BCUT2D eigenvalue weighted by Crippen LogP contribution is 2.17. The van der Waals surface area contributed by atoms with Gasteiger partial charge in [0.1, 0.15) is 17.8 Å². The summed E-state index contributed by atoms with van der Waals surface area (Å²) >= 11 is 0. The van der Waals surface area contributed by atoms with Crippen molar-refractivity contribution in [1.29, 1.82) is 0 Å². The van der Waals surface area contributed by atoms with Crippen LogP contribution in [0.25, 0.3) is 16.7 Å². The van der Waals surface area contributed by atoms with Crippen LogP contribution in [0.4, 0.5) is 0 Å². The van der Waals surface area contributed by atoms with E-state index >= 15 is 0 Å². The average Bonchev–Trinajstić information content (AvgIpc) is 2.97. The van der Waals surface area contributed by atoms with E-state index in [0.29, 0.717) is 23.5 Å². The molecule has 1 aliphatic rings. The Labute approximate surface area is 176 Å². The molecular formula is C22H29N5O3. The van der Waals surface area contributed by atoms with E-state index < -0.39 is 0 Å². The molecule has 0 bridgehead atoms. The minimum Gasteiger partial charge on any atom is -0.409 e. The van der Waals surface area contributed by atoms with Crippen molar-refractivity contribution in [2.75, 3.05) is 39.5 Å². The van der Waals surface area contributed by atoms with Gasteiger partial charge in [0.25, 0.3) is 5.56 Å². The van der Waals surface area contributed by atoms with Crippen molar-refractivity contribution < 1.29 is 9.57 Å². The van der Waals surface area contributed by atoms with Gasteiger partial charge in [-0.15, -0.1) is 4.73 Å². The zero-order valence-corrected chi connectivity index (χ0v) is 17.9. The van der Waals surface area contributed by atoms with Crippen LogP contribution in [0.2, 0.25) is 0 Å². The predicted molar refractivity (Wildman–Crippen MR) is 115 cm³/mol. The summed E-state index contributed by atoms with van der Waals surface area (Å²) in [6.45, 7) is 10.9. The summed E-state index contributed by atoms with van der Waals surface area (Å²) in [7, 11) is 0. The van der Waals surface area contributed by atoms with E-state index in [1.807, 2.05) is 12.1 Å². The van der Waals surface area contributed by atoms with Crippen LogP contribution in [-0.4, -0.2) is 63.8 Å². The fraction of sp³-hybridized carbons (Fsp3) is 0.500. The van der Waals surface area contributed by atoms with Gasteiger partial charge in [0.15, 0.2) is 5.65 Å². The smallest absolute Gasteiger partial charge is 0.297 e. The third kappa shape index (κ3) is 4.24. The molecule has 2 aromatic heterocycles. The highest BCUT2D eigenvalue weighted by atomic mass is 16.7. The molecule has 8 heteroatoms. The lowest BCUT2D eigenvalue weighted by atomic mass is 10.1. The van der Waals surface area contributed by atoms with Crippen LogP contribution in [0, 0.1) is 20.8 Å². The maximum absolute atomic E-state index is 13.0. The second-order valence-electron chi connectivity index (χ2n) is 7.82. The average molecular weight is 412 g/mol. The Bertz CT molecular complexity index is 1080. The van der Waals surface area contributed by atoms with Crippen LogP contribution in [0.1, 0.15) is 29.8 Å². The summed E-state index contributed by atoms with van der Waals surface area (Å²) in [5.74, 6) is 0.515. The SMILES string of the molecule is Cc1ccc(-n2ncc3c(=O)n(OCCCN4CCCOCC4)c(C)nc32)cc1C. The Morgan fingerprint density at radius 3 is 2.83 bits per heavy atom. The Balaban J connectivity index is 1.50. The highest BCUT2D eigenvalue weighted by Gasteiger charge is 2.15. The highest BCUT2D eigenvalue weighted by molar-refractivity contribution is 5.75. The lowest BCUT2D eigenvalue weighted by Crippen LogP contribution is -2.33. The number of nitrogens with zero attached hydrogens (tertiary/aromatic N) is 5. The molecule has 1 aliphatic heterocycles. The van der Waals surface area contributed by atoms with E-state index in [1.54, 1.807) is 17.8 Å². The molecule has 3 heterocycles. The number of hydrogen-bond donors (Lipinski definition) is 0. The van der Waals surface area contributed by atoms with Gasteiger partial charge in [-0.1, -0.05) is 6.07 Å². The summed E-state index contributed by atoms with van der Waals surface area (Å²) < 4.78 is 8.49. The zero-order valence-electron chi connectivity index (χ0n) is 17.9. The summed E-state index contributed by atoms with van der Waals surface area (Å²) in [6.07, 6.45) is 3.46. The van der Waals surface area contributed by atoms with Crippen LogP contribution in [-0.2, 0) is 4.74 Å². The van der Waals surface area contributed by atoms with Gasteiger partial charge in [-0.05, 0) is 56.9 Å². The van der Waals surface area contributed by atoms with Gasteiger partial charge in [-0.3, -0.25) is 4.79 Å². The van der Waals surface area contributed by atoms with Crippen molar-refractivity contribution in [3.63, 3.8) is 0 Å². The van der Waals surface area contributed by atoms with Crippen molar-refractivity contribution in [3.8, 4) is 5.69 Å². The molecule has 8 nitrogen and oxygen atoms in total. The van der Waals surface area contributed by atoms with Gasteiger partial charge in [-0.25, -0.2) is 9.67 Å². The molecule has 0 aliphatic carbocycles. The summed E-state index contributed by atoms with van der Waals surface area (Å²) in [5.41, 5.74) is 3.59. The van der Waals surface area contributed by atoms with Crippen molar-refractivity contribution in [2.24, 2.45) is 0 Å². The van der Waals surface area contributed by atoms with Crippen molar-refractivity contribution in [1.82, 2.24) is 24.4 Å². The number of fused-ring (bicyclic) bond motifs is 1. The molecule has 0 atom stereocenters. The second kappa shape index (κ2) is 8.97. The molecule has 0 amide bonds. The molecule has 1 aromatic carbocycles. The van der Waals surface area contributed by atoms with Crippen LogP contribution in [0.15, 0.2) is 29.2 Å². The number of hydrogen-bond acceptors (Lipinski definition) is 6. The van der Waals surface area contributed by atoms with Crippen molar-refractivity contribution in [3.05, 3.63) is 51.7 Å². The molecule has 30 heavy (non-hydrogen) atoms. The first-order chi connectivity index (χ1) is 14.5. The fourth-order valence-corrected chi connectivity index (χ4v) is 3.72. The van der Waals surface area contributed by atoms with E-state index in [1.165, 1.54) is 15.9 Å². The van der Waals surface area contributed by atoms with Crippen LogP contribution in [0.3, 0.4) is 0 Å². The monoisotopic (exact) mass is 411 g/mol. The lowest BCUT2D eigenvalue weighted by Gasteiger charge is -2.19. The van der Waals surface area contributed by atoms with Crippen molar-refractivity contribution >= 4 is 11.0 Å². The van der Waals surface area contributed by atoms with Gasteiger partial charge in [0.2, 0.25) is 0 Å². The third-order valence-electron chi connectivity index (χ3n) is 5.61. The van der Waals surface area contributed by atoms with E-state index in [9.17, 15) is 4.79 Å². The minimum atomic E-state index is -0.226. The molecular weight excluding hydrogens is 382 g/mol. The first kappa shape index (κ1) is 20.6. The number of benzene rings is 1. The molecule has 0 unspecified atom stereocenters. The quantitative estimate of drug-likeness (QED) is 0.578.